The zero-order valence-electron chi connectivity index (χ0n) is 5.32. The highest BCUT2D eigenvalue weighted by atomic mass is 127. The van der Waals surface area contributed by atoms with Crippen molar-refractivity contribution in [1.82, 2.24) is 2.52 Å². The van der Waals surface area contributed by atoms with Gasteiger partial charge in [-0.05, 0) is 2.52 Å². The molecule has 0 aromatic rings. The quantitative estimate of drug-likeness (QED) is 0.316. The molecule has 0 N–H and O–H groups in total. The number of sulfonamides is 1. The van der Waals surface area contributed by atoms with Crippen LogP contribution >= 0.6 is 22.9 Å². The fourth-order valence-corrected chi connectivity index (χ4v) is 1.35. The van der Waals surface area contributed by atoms with E-state index in [1.165, 1.54) is 0 Å². The number of hydrogen-bond acceptors (Lipinski definition) is 2. The summed E-state index contributed by atoms with van der Waals surface area (Å²) >= 11 is 0.0166. The third kappa shape index (κ3) is 2.83. The van der Waals surface area contributed by atoms with E-state index >= 15 is 0 Å². The lowest BCUT2D eigenvalue weighted by atomic mass is 11.3. The van der Waals surface area contributed by atoms with Crippen molar-refractivity contribution in [3.8, 4) is 0 Å². The fourth-order valence-electron chi connectivity index (χ4n) is 0.227. The minimum Gasteiger partial charge on any atom is -0.202 e. The number of nitrogens with zero attached hydrogens (tertiary/aromatic N) is 1. The molecule has 0 bridgehead atoms. The monoisotopic (exact) mass is 343 g/mol. The first-order chi connectivity index (χ1) is 5.40. The average molecular weight is 343 g/mol. The van der Waals surface area contributed by atoms with Gasteiger partial charge < -0.3 is 0 Å². The first-order valence-electron chi connectivity index (χ1n) is 2.25. The second kappa shape index (κ2) is 3.42. The van der Waals surface area contributed by atoms with Crippen LogP contribution in [0.3, 0.4) is 0 Å². The van der Waals surface area contributed by atoms with Gasteiger partial charge in [-0.3, -0.25) is 0 Å². The highest BCUT2D eigenvalue weighted by molar-refractivity contribution is 14.1. The summed E-state index contributed by atoms with van der Waals surface area (Å²) in [5, 5.41) is 0. The Morgan fingerprint density at radius 2 is 1.31 bits per heavy atom. The fraction of sp³-hybridized carbons (Fsp3) is 1.00. The molecule has 0 aromatic carbocycles. The molecular weight excluding hydrogens is 343 g/mol. The maximum absolute atomic E-state index is 11.5. The lowest BCUT2D eigenvalue weighted by molar-refractivity contribution is -0.176. The Labute approximate surface area is 82.2 Å². The lowest BCUT2D eigenvalue weighted by Gasteiger charge is -2.18. The van der Waals surface area contributed by atoms with Crippen molar-refractivity contribution < 1.29 is 34.8 Å². The molecule has 0 atom stereocenters. The standard InChI is InChI=1S/C2F6INO2S/c3-1(4,5)10(9)13(11,12)2(6,7)8. The van der Waals surface area contributed by atoms with Crippen LogP contribution in [-0.2, 0) is 10.0 Å². The molecule has 0 spiro atoms. The van der Waals surface area contributed by atoms with Crippen LogP contribution in [0.25, 0.3) is 0 Å². The van der Waals surface area contributed by atoms with Crippen LogP contribution in [0, 0.1) is 0 Å². The number of rotatable bonds is 1. The molecule has 0 aliphatic rings. The second-order valence-electron chi connectivity index (χ2n) is 1.63. The SMILES string of the molecule is O=S(=O)(N(I)C(F)(F)F)C(F)(F)F. The summed E-state index contributed by atoms with van der Waals surface area (Å²) in [6.45, 7) is 0. The summed E-state index contributed by atoms with van der Waals surface area (Å²) in [4.78, 5) is 0. The maximum atomic E-state index is 11.5. The Morgan fingerprint density at radius 3 is 1.38 bits per heavy atom. The summed E-state index contributed by atoms with van der Waals surface area (Å²) in [7, 11) is -6.34. The van der Waals surface area contributed by atoms with E-state index < -0.39 is 24.4 Å². The van der Waals surface area contributed by atoms with Gasteiger partial charge in [-0.15, -0.1) is 0 Å². The second-order valence-corrected chi connectivity index (χ2v) is 5.03. The minimum atomic E-state index is -6.34. The molecule has 13 heavy (non-hydrogen) atoms. The zero-order valence-corrected chi connectivity index (χ0v) is 8.29. The Hall–Kier alpha value is 0.220. The van der Waals surface area contributed by atoms with Crippen molar-refractivity contribution in [2.75, 3.05) is 0 Å². The van der Waals surface area contributed by atoms with Gasteiger partial charge in [-0.1, -0.05) is 0 Å². The van der Waals surface area contributed by atoms with E-state index in [1.54, 1.807) is 0 Å². The van der Waals surface area contributed by atoms with E-state index in [9.17, 15) is 34.8 Å². The van der Waals surface area contributed by atoms with E-state index in [2.05, 4.69) is 0 Å². The van der Waals surface area contributed by atoms with Gasteiger partial charge in [0.15, 0.2) is 0 Å². The van der Waals surface area contributed by atoms with Crippen molar-refractivity contribution in [1.29, 1.82) is 0 Å². The van der Waals surface area contributed by atoms with E-state index in [4.69, 9.17) is 0 Å². The van der Waals surface area contributed by atoms with Gasteiger partial charge >= 0.3 is 21.8 Å². The van der Waals surface area contributed by atoms with Crippen molar-refractivity contribution >= 4 is 32.9 Å². The van der Waals surface area contributed by atoms with Crippen molar-refractivity contribution in [2.45, 2.75) is 11.8 Å². The molecule has 0 radical (unpaired) electrons. The summed E-state index contributed by atoms with van der Waals surface area (Å²) in [5.74, 6) is 0. The predicted molar refractivity (Wildman–Crippen MR) is 36.9 cm³/mol. The van der Waals surface area contributed by atoms with Crippen molar-refractivity contribution in [2.24, 2.45) is 0 Å². The first-order valence-corrected chi connectivity index (χ1v) is 4.65. The van der Waals surface area contributed by atoms with Crippen LogP contribution in [0.15, 0.2) is 0 Å². The van der Waals surface area contributed by atoms with Gasteiger partial charge in [-0.2, -0.15) is 26.3 Å². The first kappa shape index (κ1) is 13.2. The molecule has 0 rings (SSSR count). The van der Waals surface area contributed by atoms with Gasteiger partial charge in [0.1, 0.15) is 0 Å². The van der Waals surface area contributed by atoms with Crippen LogP contribution in [-0.4, -0.2) is 22.7 Å². The molecule has 80 valence electrons. The number of alkyl halides is 6. The summed E-state index contributed by atoms with van der Waals surface area (Å²) in [6, 6.07) is 0. The van der Waals surface area contributed by atoms with Gasteiger partial charge in [-0.25, -0.2) is 8.42 Å². The molecule has 11 heteroatoms. The average Bonchev–Trinajstić information content (AvgIpc) is 1.81. The Kier molecular flexibility index (Phi) is 3.47. The minimum absolute atomic E-state index is 0.0166. The predicted octanol–water partition coefficient (Wildman–Crippen LogP) is 2.01. The van der Waals surface area contributed by atoms with E-state index in [-0.39, 0.29) is 22.9 Å². The molecule has 0 fully saturated rings. The molecule has 0 aromatic heterocycles. The van der Waals surface area contributed by atoms with Gasteiger partial charge in [0.25, 0.3) is 0 Å². The van der Waals surface area contributed by atoms with Crippen molar-refractivity contribution in [3.05, 3.63) is 0 Å². The Bertz CT molecular complexity index is 278. The van der Waals surface area contributed by atoms with E-state index in [0.717, 1.165) is 0 Å². The van der Waals surface area contributed by atoms with Crippen LogP contribution in [0.1, 0.15) is 0 Å². The molecule has 0 aliphatic heterocycles. The molecular formula is C2F6INO2S. The molecule has 0 heterocycles. The maximum Gasteiger partial charge on any atom is 0.512 e. The molecule has 0 amide bonds. The Morgan fingerprint density at radius 1 is 1.00 bits per heavy atom. The van der Waals surface area contributed by atoms with Crippen LogP contribution in [0.5, 0.6) is 0 Å². The van der Waals surface area contributed by atoms with Gasteiger partial charge in [0.05, 0.1) is 0 Å². The van der Waals surface area contributed by atoms with E-state index in [0.29, 0.717) is 0 Å². The topological polar surface area (TPSA) is 37.4 Å². The molecule has 0 aliphatic carbocycles. The smallest absolute Gasteiger partial charge is 0.202 e. The van der Waals surface area contributed by atoms with Crippen molar-refractivity contribution in [3.63, 3.8) is 0 Å². The third-order valence-corrected chi connectivity index (χ3v) is 4.02. The van der Waals surface area contributed by atoms with Crippen LogP contribution < -0.4 is 0 Å². The number of halogens is 7. The summed E-state index contributed by atoms with van der Waals surface area (Å²) < 4.78 is 87.4. The lowest BCUT2D eigenvalue weighted by Crippen LogP contribution is -2.42. The molecule has 0 saturated carbocycles. The largest absolute Gasteiger partial charge is 0.512 e. The highest BCUT2D eigenvalue weighted by Gasteiger charge is 2.58. The Balaban J connectivity index is 5.12. The highest BCUT2D eigenvalue weighted by Crippen LogP contribution is 2.36. The number of hydrogen-bond donors (Lipinski definition) is 0. The van der Waals surface area contributed by atoms with E-state index in [1.807, 2.05) is 0 Å². The van der Waals surface area contributed by atoms with Crippen LogP contribution in [0.4, 0.5) is 26.3 Å². The molecule has 0 saturated heterocycles. The normalized spacial score (nSPS) is 15.1. The zero-order chi connectivity index (χ0) is 11.1. The summed E-state index contributed by atoms with van der Waals surface area (Å²) in [6.07, 6.45) is -5.59. The van der Waals surface area contributed by atoms with Gasteiger partial charge in [0, 0.05) is 22.9 Å². The third-order valence-electron chi connectivity index (χ3n) is 0.703. The molecule has 0 unspecified atom stereocenters. The van der Waals surface area contributed by atoms with Gasteiger partial charge in [0.2, 0.25) is 0 Å². The molecule has 3 nitrogen and oxygen atoms in total. The summed E-state index contributed by atoms with van der Waals surface area (Å²) in [5.41, 5.74) is -5.95. The van der Waals surface area contributed by atoms with Crippen LogP contribution in [0.2, 0.25) is 0 Å².